The van der Waals surface area contributed by atoms with Crippen LogP contribution in [0.3, 0.4) is 0 Å². The molecular weight excluding hydrogens is 256 g/mol. The van der Waals surface area contributed by atoms with Crippen LogP contribution in [0.15, 0.2) is 28.4 Å². The molecule has 1 aromatic rings. The summed E-state index contributed by atoms with van der Waals surface area (Å²) in [5.41, 5.74) is 2.24. The van der Waals surface area contributed by atoms with E-state index in [4.69, 9.17) is 4.74 Å². The largest absolute Gasteiger partial charge is 0.496 e. The maximum absolute atomic E-state index is 5.61. The van der Waals surface area contributed by atoms with Crippen LogP contribution in [0.2, 0.25) is 0 Å². The summed E-state index contributed by atoms with van der Waals surface area (Å²) in [5, 5.41) is 9.32. The molecule has 19 heavy (non-hydrogen) atoms. The first-order valence-electron chi connectivity index (χ1n) is 6.43. The van der Waals surface area contributed by atoms with Crippen molar-refractivity contribution >= 4 is 23.0 Å². The molecule has 0 aliphatic carbocycles. The summed E-state index contributed by atoms with van der Waals surface area (Å²) in [5.74, 6) is 1.33. The highest BCUT2D eigenvalue weighted by Crippen LogP contribution is 2.37. The van der Waals surface area contributed by atoms with Crippen LogP contribution < -0.4 is 4.74 Å². The zero-order valence-electron chi connectivity index (χ0n) is 12.1. The van der Waals surface area contributed by atoms with Gasteiger partial charge in [0.1, 0.15) is 10.8 Å². The smallest absolute Gasteiger partial charge is 0.132 e. The van der Waals surface area contributed by atoms with Gasteiger partial charge in [0.2, 0.25) is 0 Å². The zero-order valence-corrected chi connectivity index (χ0v) is 12.9. The van der Waals surface area contributed by atoms with Gasteiger partial charge in [-0.15, -0.1) is 5.10 Å². The molecule has 0 amide bonds. The molecule has 0 bridgehead atoms. The predicted molar refractivity (Wildman–Crippen MR) is 83.8 cm³/mol. The molecule has 0 unspecified atom stereocenters. The highest BCUT2D eigenvalue weighted by atomic mass is 32.2. The minimum absolute atomic E-state index is 0.0318. The summed E-state index contributed by atoms with van der Waals surface area (Å²) in [6.07, 6.45) is 1.87. The first-order valence-corrected chi connectivity index (χ1v) is 7.24. The van der Waals surface area contributed by atoms with Gasteiger partial charge in [-0.3, -0.25) is 0 Å². The molecule has 0 saturated carbocycles. The van der Waals surface area contributed by atoms with Gasteiger partial charge in [0.15, 0.2) is 0 Å². The molecular formula is C15H20N2OS. The Balaban J connectivity index is 2.49. The molecule has 0 saturated heterocycles. The summed E-state index contributed by atoms with van der Waals surface area (Å²) in [6.45, 7) is 8.60. The lowest BCUT2D eigenvalue weighted by Crippen LogP contribution is -2.22. The molecule has 2 rings (SSSR count). The molecule has 3 nitrogen and oxygen atoms in total. The Hall–Kier alpha value is -1.29. The van der Waals surface area contributed by atoms with Gasteiger partial charge < -0.3 is 4.74 Å². The van der Waals surface area contributed by atoms with Gasteiger partial charge in [-0.2, -0.15) is 5.10 Å². The van der Waals surface area contributed by atoms with Gasteiger partial charge in [-0.1, -0.05) is 37.7 Å². The third-order valence-electron chi connectivity index (χ3n) is 2.98. The van der Waals surface area contributed by atoms with Crippen LogP contribution in [0, 0.1) is 0 Å². The maximum Gasteiger partial charge on any atom is 0.132 e. The van der Waals surface area contributed by atoms with E-state index in [-0.39, 0.29) is 4.75 Å². The second-order valence-electron chi connectivity index (χ2n) is 5.44. The van der Waals surface area contributed by atoms with Gasteiger partial charge in [-0.05, 0) is 31.4 Å². The second-order valence-corrected chi connectivity index (χ2v) is 7.08. The molecule has 0 radical (unpaired) electrons. The zero-order chi connectivity index (χ0) is 14.0. The Morgan fingerprint density at radius 2 is 2.00 bits per heavy atom. The van der Waals surface area contributed by atoms with E-state index < -0.39 is 0 Å². The number of benzene rings is 1. The quantitative estimate of drug-likeness (QED) is 0.833. The monoisotopic (exact) mass is 276 g/mol. The molecule has 1 heterocycles. The van der Waals surface area contributed by atoms with E-state index in [0.29, 0.717) is 5.92 Å². The third kappa shape index (κ3) is 3.00. The van der Waals surface area contributed by atoms with Crippen molar-refractivity contribution in [1.82, 2.24) is 0 Å². The third-order valence-corrected chi connectivity index (χ3v) is 4.11. The molecule has 0 N–H and O–H groups in total. The molecule has 0 spiro atoms. The fraction of sp³-hybridized carbons (Fsp3) is 0.467. The molecule has 1 aliphatic heterocycles. The summed E-state index contributed by atoms with van der Waals surface area (Å²) >= 11 is 1.71. The number of hydrogen-bond donors (Lipinski definition) is 0. The average molecular weight is 276 g/mol. The van der Waals surface area contributed by atoms with Crippen molar-refractivity contribution in [2.24, 2.45) is 10.2 Å². The van der Waals surface area contributed by atoms with Crippen molar-refractivity contribution in [2.75, 3.05) is 7.11 Å². The number of methoxy groups -OCH3 is 1. The van der Waals surface area contributed by atoms with E-state index >= 15 is 0 Å². The fourth-order valence-corrected chi connectivity index (χ4v) is 2.99. The van der Waals surface area contributed by atoms with Crippen LogP contribution in [0.4, 0.5) is 0 Å². The van der Waals surface area contributed by atoms with Gasteiger partial charge in [0.25, 0.3) is 0 Å². The number of thioether (sulfide) groups is 1. The van der Waals surface area contributed by atoms with Crippen LogP contribution in [0.25, 0.3) is 0 Å². The first kappa shape index (κ1) is 14.1. The summed E-state index contributed by atoms with van der Waals surface area (Å²) in [4.78, 5) is 0. The lowest BCUT2D eigenvalue weighted by Gasteiger charge is -2.23. The van der Waals surface area contributed by atoms with Crippen LogP contribution in [0.1, 0.15) is 44.7 Å². The normalized spacial score (nSPS) is 17.5. The Kier molecular flexibility index (Phi) is 3.99. The number of nitrogens with zero attached hydrogens (tertiary/aromatic N) is 2. The highest BCUT2D eigenvalue weighted by Gasteiger charge is 2.26. The van der Waals surface area contributed by atoms with Gasteiger partial charge in [0, 0.05) is 6.21 Å². The number of rotatable bonds is 3. The second kappa shape index (κ2) is 5.37. The molecule has 0 aromatic heterocycles. The van der Waals surface area contributed by atoms with Crippen molar-refractivity contribution in [3.05, 3.63) is 29.3 Å². The van der Waals surface area contributed by atoms with Gasteiger partial charge in [0.05, 0.1) is 17.4 Å². The van der Waals surface area contributed by atoms with Crippen LogP contribution in [-0.4, -0.2) is 23.1 Å². The molecule has 4 heteroatoms. The highest BCUT2D eigenvalue weighted by molar-refractivity contribution is 8.16. The van der Waals surface area contributed by atoms with E-state index in [9.17, 15) is 0 Å². The maximum atomic E-state index is 5.61. The van der Waals surface area contributed by atoms with Crippen molar-refractivity contribution in [1.29, 1.82) is 0 Å². The Bertz CT molecular complexity index is 533. The minimum atomic E-state index is -0.0318. The van der Waals surface area contributed by atoms with Gasteiger partial charge >= 0.3 is 0 Å². The van der Waals surface area contributed by atoms with Crippen LogP contribution in [0.5, 0.6) is 5.75 Å². The Morgan fingerprint density at radius 3 is 2.58 bits per heavy atom. The molecule has 0 fully saturated rings. The molecule has 1 aliphatic rings. The lowest BCUT2D eigenvalue weighted by atomic mass is 9.99. The number of ether oxygens (including phenoxy) is 1. The summed E-state index contributed by atoms with van der Waals surface area (Å²) < 4.78 is 5.58. The molecule has 102 valence electrons. The minimum Gasteiger partial charge on any atom is -0.496 e. The van der Waals surface area contributed by atoms with Crippen LogP contribution >= 0.6 is 11.8 Å². The average Bonchev–Trinajstić information content (AvgIpc) is 2.36. The molecule has 1 aromatic carbocycles. The van der Waals surface area contributed by atoms with E-state index in [2.05, 4.69) is 50.0 Å². The van der Waals surface area contributed by atoms with Crippen LogP contribution in [-0.2, 0) is 0 Å². The SMILES string of the molecule is COc1c(C2=NN=CC(C)(C)S2)cccc1C(C)C. The lowest BCUT2D eigenvalue weighted by molar-refractivity contribution is 0.407. The Labute approximate surface area is 119 Å². The first-order chi connectivity index (χ1) is 8.94. The van der Waals surface area contributed by atoms with E-state index in [0.717, 1.165) is 16.4 Å². The number of para-hydroxylation sites is 1. The van der Waals surface area contributed by atoms with Crippen molar-refractivity contribution in [3.63, 3.8) is 0 Å². The van der Waals surface area contributed by atoms with E-state index in [1.54, 1.807) is 18.9 Å². The predicted octanol–water partition coefficient (Wildman–Crippen LogP) is 4.08. The Morgan fingerprint density at radius 1 is 1.26 bits per heavy atom. The van der Waals surface area contributed by atoms with Crippen molar-refractivity contribution in [2.45, 2.75) is 38.4 Å². The summed E-state index contributed by atoms with van der Waals surface area (Å²) in [6, 6.07) is 6.21. The summed E-state index contributed by atoms with van der Waals surface area (Å²) in [7, 11) is 1.72. The fourth-order valence-electron chi connectivity index (χ4n) is 2.03. The standard InChI is InChI=1S/C15H20N2OS/c1-10(2)11-7-6-8-12(13(11)18-5)14-17-16-9-15(3,4)19-14/h6-10H,1-5H3. The van der Waals surface area contributed by atoms with Gasteiger partial charge in [-0.25, -0.2) is 0 Å². The number of hydrogen-bond acceptors (Lipinski definition) is 4. The topological polar surface area (TPSA) is 34.0 Å². The van der Waals surface area contributed by atoms with Crippen molar-refractivity contribution < 1.29 is 4.74 Å². The van der Waals surface area contributed by atoms with E-state index in [1.807, 2.05) is 12.3 Å². The van der Waals surface area contributed by atoms with E-state index in [1.165, 1.54) is 5.56 Å². The van der Waals surface area contributed by atoms with Crippen molar-refractivity contribution in [3.8, 4) is 5.75 Å². The molecule has 0 atom stereocenters.